The molecule has 0 aliphatic carbocycles. The highest BCUT2D eigenvalue weighted by Crippen LogP contribution is 2.28. The first-order chi connectivity index (χ1) is 11.1. The largest absolute Gasteiger partial charge is 0.394 e. The summed E-state index contributed by atoms with van der Waals surface area (Å²) in [4.78, 5) is 4.07. The number of aliphatic hydroxyl groups is 1. The molecule has 0 bridgehead atoms. The maximum atomic E-state index is 14.0. The minimum atomic E-state index is -1.00. The van der Waals surface area contributed by atoms with Gasteiger partial charge >= 0.3 is 0 Å². The van der Waals surface area contributed by atoms with Crippen molar-refractivity contribution < 1.29 is 18.3 Å². The standard InChI is InChI=1S/C17H13F3N2O/c18-12-6-4-11(5-7-12)15(10-23)22-9-8-21-17(22)13-2-1-3-14(19)16(13)20/h1-9,15,23H,10H2. The van der Waals surface area contributed by atoms with Gasteiger partial charge in [0, 0.05) is 12.4 Å². The Kier molecular flexibility index (Phi) is 4.16. The van der Waals surface area contributed by atoms with Crippen LogP contribution in [0.15, 0.2) is 54.9 Å². The van der Waals surface area contributed by atoms with E-state index in [1.165, 1.54) is 47.2 Å². The molecule has 1 atom stereocenters. The van der Waals surface area contributed by atoms with E-state index in [0.29, 0.717) is 5.56 Å². The molecule has 0 saturated heterocycles. The van der Waals surface area contributed by atoms with Crippen LogP contribution in [0.2, 0.25) is 0 Å². The predicted octanol–water partition coefficient (Wildman–Crippen LogP) is 3.55. The quantitative estimate of drug-likeness (QED) is 0.799. The van der Waals surface area contributed by atoms with E-state index in [1.807, 2.05) is 0 Å². The number of hydrogen-bond acceptors (Lipinski definition) is 2. The number of imidazole rings is 1. The molecule has 0 saturated carbocycles. The zero-order chi connectivity index (χ0) is 16.4. The lowest BCUT2D eigenvalue weighted by Gasteiger charge is -2.19. The fourth-order valence-electron chi connectivity index (χ4n) is 2.49. The molecule has 1 N–H and O–H groups in total. The third-order valence-electron chi connectivity index (χ3n) is 3.62. The van der Waals surface area contributed by atoms with Crippen LogP contribution < -0.4 is 0 Å². The third kappa shape index (κ3) is 2.85. The molecule has 0 aliphatic rings. The molecule has 3 aromatic rings. The highest BCUT2D eigenvalue weighted by molar-refractivity contribution is 5.57. The minimum Gasteiger partial charge on any atom is -0.394 e. The highest BCUT2D eigenvalue weighted by Gasteiger charge is 2.20. The summed E-state index contributed by atoms with van der Waals surface area (Å²) < 4.78 is 42.1. The van der Waals surface area contributed by atoms with Gasteiger partial charge in [0.25, 0.3) is 0 Å². The fraction of sp³-hybridized carbons (Fsp3) is 0.118. The van der Waals surface area contributed by atoms with Gasteiger partial charge in [-0.2, -0.15) is 0 Å². The average molecular weight is 318 g/mol. The van der Waals surface area contributed by atoms with E-state index in [9.17, 15) is 18.3 Å². The van der Waals surface area contributed by atoms with Gasteiger partial charge in [-0.3, -0.25) is 0 Å². The van der Waals surface area contributed by atoms with Crippen molar-refractivity contribution in [2.24, 2.45) is 0 Å². The number of aromatic nitrogens is 2. The molecule has 0 amide bonds. The number of rotatable bonds is 4. The molecule has 0 radical (unpaired) electrons. The van der Waals surface area contributed by atoms with E-state index in [1.54, 1.807) is 6.20 Å². The van der Waals surface area contributed by atoms with E-state index in [2.05, 4.69) is 4.98 Å². The number of hydrogen-bond donors (Lipinski definition) is 1. The van der Waals surface area contributed by atoms with Gasteiger partial charge < -0.3 is 9.67 Å². The van der Waals surface area contributed by atoms with E-state index in [-0.39, 0.29) is 18.0 Å². The minimum absolute atomic E-state index is 0.00411. The Morgan fingerprint density at radius 1 is 1.04 bits per heavy atom. The van der Waals surface area contributed by atoms with Crippen LogP contribution in [-0.2, 0) is 0 Å². The molecule has 1 heterocycles. The maximum absolute atomic E-state index is 14.0. The lowest BCUT2D eigenvalue weighted by molar-refractivity contribution is 0.250. The van der Waals surface area contributed by atoms with Crippen molar-refractivity contribution in [3.8, 4) is 11.4 Å². The summed E-state index contributed by atoms with van der Waals surface area (Å²) in [6.07, 6.45) is 3.00. The van der Waals surface area contributed by atoms with Gasteiger partial charge in [0.1, 0.15) is 11.6 Å². The molecule has 2 aromatic carbocycles. The summed E-state index contributed by atoms with van der Waals surface area (Å²) in [5.74, 6) is -2.19. The Bertz CT molecular complexity index is 815. The monoisotopic (exact) mass is 318 g/mol. The molecule has 1 unspecified atom stereocenters. The fourth-order valence-corrected chi connectivity index (χ4v) is 2.49. The van der Waals surface area contributed by atoms with Crippen molar-refractivity contribution in [1.29, 1.82) is 0 Å². The second-order valence-corrected chi connectivity index (χ2v) is 5.01. The Morgan fingerprint density at radius 3 is 2.48 bits per heavy atom. The zero-order valence-electron chi connectivity index (χ0n) is 12.0. The average Bonchev–Trinajstić information content (AvgIpc) is 3.02. The van der Waals surface area contributed by atoms with E-state index < -0.39 is 23.5 Å². The summed E-state index contributed by atoms with van der Waals surface area (Å²) in [5.41, 5.74) is 0.625. The molecule has 1 aromatic heterocycles. The summed E-state index contributed by atoms with van der Waals surface area (Å²) in [7, 11) is 0. The molecule has 23 heavy (non-hydrogen) atoms. The van der Waals surface area contributed by atoms with Crippen molar-refractivity contribution in [1.82, 2.24) is 9.55 Å². The van der Waals surface area contributed by atoms with E-state index >= 15 is 0 Å². The van der Waals surface area contributed by atoms with Gasteiger partial charge in [0.05, 0.1) is 18.2 Å². The number of benzene rings is 2. The molecule has 118 valence electrons. The van der Waals surface area contributed by atoms with Gasteiger partial charge in [-0.25, -0.2) is 18.2 Å². The molecular weight excluding hydrogens is 305 g/mol. The van der Waals surface area contributed by atoms with Crippen molar-refractivity contribution >= 4 is 0 Å². The van der Waals surface area contributed by atoms with Crippen LogP contribution in [0.1, 0.15) is 11.6 Å². The molecule has 0 fully saturated rings. The Balaban J connectivity index is 2.09. The second kappa shape index (κ2) is 6.26. The molecule has 0 aliphatic heterocycles. The van der Waals surface area contributed by atoms with Gasteiger partial charge in [0.2, 0.25) is 0 Å². The van der Waals surface area contributed by atoms with Gasteiger partial charge in [-0.15, -0.1) is 0 Å². The first-order valence-electron chi connectivity index (χ1n) is 6.95. The van der Waals surface area contributed by atoms with Gasteiger partial charge in [0.15, 0.2) is 11.6 Å². The number of aliphatic hydroxyl groups excluding tert-OH is 1. The van der Waals surface area contributed by atoms with Crippen molar-refractivity contribution in [2.45, 2.75) is 6.04 Å². The second-order valence-electron chi connectivity index (χ2n) is 5.01. The summed E-state index contributed by atoms with van der Waals surface area (Å²) >= 11 is 0. The SMILES string of the molecule is OCC(c1ccc(F)cc1)n1ccnc1-c1cccc(F)c1F. The Hall–Kier alpha value is -2.60. The van der Waals surface area contributed by atoms with E-state index in [4.69, 9.17) is 0 Å². The van der Waals surface area contributed by atoms with Gasteiger partial charge in [-0.05, 0) is 29.8 Å². The number of nitrogens with zero attached hydrogens (tertiary/aromatic N) is 2. The van der Waals surface area contributed by atoms with Crippen LogP contribution in [-0.4, -0.2) is 21.3 Å². The van der Waals surface area contributed by atoms with Crippen molar-refractivity contribution in [3.63, 3.8) is 0 Å². The molecular formula is C17H13F3N2O. The zero-order valence-corrected chi connectivity index (χ0v) is 12.0. The lowest BCUT2D eigenvalue weighted by atomic mass is 10.1. The van der Waals surface area contributed by atoms with E-state index in [0.717, 1.165) is 6.07 Å². The summed E-state index contributed by atoms with van der Waals surface area (Å²) in [6.45, 7) is -0.300. The first-order valence-corrected chi connectivity index (χ1v) is 6.95. The lowest BCUT2D eigenvalue weighted by Crippen LogP contribution is -2.15. The van der Waals surface area contributed by atoms with Crippen LogP contribution in [0.5, 0.6) is 0 Å². The Labute approximate surface area is 130 Å². The Morgan fingerprint density at radius 2 is 1.78 bits per heavy atom. The first kappa shape index (κ1) is 15.3. The maximum Gasteiger partial charge on any atom is 0.169 e. The number of halogens is 3. The van der Waals surface area contributed by atoms with Crippen LogP contribution >= 0.6 is 0 Å². The van der Waals surface area contributed by atoms with Crippen molar-refractivity contribution in [2.75, 3.05) is 6.61 Å². The summed E-state index contributed by atoms with van der Waals surface area (Å²) in [5, 5.41) is 9.71. The van der Waals surface area contributed by atoms with Crippen LogP contribution in [0.25, 0.3) is 11.4 Å². The van der Waals surface area contributed by atoms with Crippen LogP contribution in [0, 0.1) is 17.5 Å². The van der Waals surface area contributed by atoms with Crippen LogP contribution in [0.3, 0.4) is 0 Å². The molecule has 3 nitrogen and oxygen atoms in total. The van der Waals surface area contributed by atoms with Crippen LogP contribution in [0.4, 0.5) is 13.2 Å². The molecule has 3 rings (SSSR count). The van der Waals surface area contributed by atoms with Crippen molar-refractivity contribution in [3.05, 3.63) is 77.9 Å². The highest BCUT2D eigenvalue weighted by atomic mass is 19.2. The third-order valence-corrected chi connectivity index (χ3v) is 3.62. The smallest absolute Gasteiger partial charge is 0.169 e. The summed E-state index contributed by atoms with van der Waals surface area (Å²) in [6, 6.07) is 8.85. The normalized spacial score (nSPS) is 12.3. The predicted molar refractivity (Wildman–Crippen MR) is 79.2 cm³/mol. The molecule has 0 spiro atoms. The molecule has 6 heteroatoms. The van der Waals surface area contributed by atoms with Gasteiger partial charge in [-0.1, -0.05) is 18.2 Å². The topological polar surface area (TPSA) is 38.0 Å².